The molecule has 3 rings (SSSR count). The highest BCUT2D eigenvalue weighted by atomic mass is 79.9. The van der Waals surface area contributed by atoms with Crippen molar-refractivity contribution in [1.82, 2.24) is 5.32 Å². The third kappa shape index (κ3) is 4.44. The van der Waals surface area contributed by atoms with Gasteiger partial charge in [-0.05, 0) is 57.1 Å². The number of hydrogen-bond donors (Lipinski definition) is 2. The summed E-state index contributed by atoms with van der Waals surface area (Å²) in [5.74, 6) is 1.23. The Morgan fingerprint density at radius 1 is 1.00 bits per heavy atom. The first-order valence-corrected chi connectivity index (χ1v) is 9.78. The number of amides is 1. The first kappa shape index (κ1) is 20.9. The molecular formula is C21H19BrN2O4S. The minimum atomic E-state index is -0.390. The van der Waals surface area contributed by atoms with Crippen molar-refractivity contribution in [2.24, 2.45) is 0 Å². The summed E-state index contributed by atoms with van der Waals surface area (Å²) in [4.78, 5) is 12.9. The molecule has 0 atom stereocenters. The van der Waals surface area contributed by atoms with Crippen LogP contribution < -0.4 is 24.8 Å². The third-order valence-corrected chi connectivity index (χ3v) is 5.27. The van der Waals surface area contributed by atoms with Crippen LogP contribution in [-0.2, 0) is 0 Å². The molecule has 0 aliphatic carbocycles. The minimum absolute atomic E-state index is 0.129. The van der Waals surface area contributed by atoms with Gasteiger partial charge in [-0.25, -0.2) is 0 Å². The van der Waals surface area contributed by atoms with Gasteiger partial charge in [-0.3, -0.25) is 10.1 Å². The predicted octanol–water partition coefficient (Wildman–Crippen LogP) is 4.75. The fraction of sp³-hybridized carbons (Fsp3) is 0.143. The van der Waals surface area contributed by atoms with Gasteiger partial charge in [-0.2, -0.15) is 0 Å². The molecule has 1 amide bonds. The van der Waals surface area contributed by atoms with Gasteiger partial charge in [0.15, 0.2) is 5.11 Å². The van der Waals surface area contributed by atoms with Crippen molar-refractivity contribution in [2.45, 2.75) is 0 Å². The number of thiocarbonyl (C=S) groups is 1. The Kier molecular flexibility index (Phi) is 6.56. The molecule has 0 saturated heterocycles. The lowest BCUT2D eigenvalue weighted by Gasteiger charge is -2.16. The maximum absolute atomic E-state index is 12.9. The number of benzene rings is 3. The van der Waals surface area contributed by atoms with E-state index in [2.05, 4.69) is 26.6 Å². The number of hydrogen-bond acceptors (Lipinski definition) is 5. The summed E-state index contributed by atoms with van der Waals surface area (Å²) >= 11 is 8.84. The van der Waals surface area contributed by atoms with Crippen molar-refractivity contribution in [3.05, 3.63) is 58.6 Å². The Hall–Kier alpha value is -2.84. The number of halogens is 1. The second-order valence-electron chi connectivity index (χ2n) is 5.97. The normalized spacial score (nSPS) is 10.3. The zero-order chi connectivity index (χ0) is 21.0. The van der Waals surface area contributed by atoms with Gasteiger partial charge in [0.1, 0.15) is 17.2 Å². The van der Waals surface area contributed by atoms with Gasteiger partial charge in [0.05, 0.1) is 37.1 Å². The summed E-state index contributed by atoms with van der Waals surface area (Å²) in [6.45, 7) is 0. The first-order chi connectivity index (χ1) is 14.0. The average molecular weight is 475 g/mol. The zero-order valence-corrected chi connectivity index (χ0v) is 18.4. The average Bonchev–Trinajstić information content (AvgIpc) is 2.73. The number of carbonyl (C=O) groups is 1. The van der Waals surface area contributed by atoms with Crippen LogP contribution in [0.5, 0.6) is 17.2 Å². The van der Waals surface area contributed by atoms with Crippen LogP contribution in [0.4, 0.5) is 5.69 Å². The lowest BCUT2D eigenvalue weighted by molar-refractivity contribution is 0.0975. The van der Waals surface area contributed by atoms with Crippen LogP contribution in [0.15, 0.2) is 53.0 Å². The summed E-state index contributed by atoms with van der Waals surface area (Å²) in [5.41, 5.74) is 0.967. The van der Waals surface area contributed by atoms with E-state index >= 15 is 0 Å². The number of methoxy groups -OCH3 is 3. The molecule has 0 aromatic heterocycles. The summed E-state index contributed by atoms with van der Waals surface area (Å²) in [7, 11) is 4.63. The van der Waals surface area contributed by atoms with Crippen molar-refractivity contribution in [3.63, 3.8) is 0 Å². The van der Waals surface area contributed by atoms with E-state index in [9.17, 15) is 4.79 Å². The van der Waals surface area contributed by atoms with Crippen LogP contribution in [0.2, 0.25) is 0 Å². The second-order valence-corrected chi connectivity index (χ2v) is 7.17. The molecule has 0 fully saturated rings. The molecule has 0 spiro atoms. The number of anilines is 1. The quantitative estimate of drug-likeness (QED) is 0.519. The first-order valence-electron chi connectivity index (χ1n) is 8.58. The molecule has 8 heteroatoms. The van der Waals surface area contributed by atoms with Gasteiger partial charge in [0, 0.05) is 6.07 Å². The Balaban J connectivity index is 1.84. The van der Waals surface area contributed by atoms with E-state index in [1.165, 1.54) is 7.11 Å². The third-order valence-electron chi connectivity index (χ3n) is 4.27. The van der Waals surface area contributed by atoms with E-state index in [1.807, 2.05) is 24.3 Å². The molecule has 0 aliphatic heterocycles. The summed E-state index contributed by atoms with van der Waals surface area (Å²) in [6, 6.07) is 14.7. The van der Waals surface area contributed by atoms with Gasteiger partial charge >= 0.3 is 0 Å². The van der Waals surface area contributed by atoms with Crippen LogP contribution >= 0.6 is 28.1 Å². The van der Waals surface area contributed by atoms with Crippen molar-refractivity contribution >= 4 is 55.6 Å². The Labute approximate surface area is 182 Å². The lowest BCUT2D eigenvalue weighted by Crippen LogP contribution is -2.34. The number of nitrogens with one attached hydrogen (secondary N) is 2. The highest BCUT2D eigenvalue weighted by Crippen LogP contribution is 2.36. The Morgan fingerprint density at radius 2 is 1.76 bits per heavy atom. The van der Waals surface area contributed by atoms with Crippen LogP contribution in [0.1, 0.15) is 10.4 Å². The predicted molar refractivity (Wildman–Crippen MR) is 121 cm³/mol. The van der Waals surface area contributed by atoms with Crippen LogP contribution in [0, 0.1) is 0 Å². The van der Waals surface area contributed by atoms with Gasteiger partial charge in [0.2, 0.25) is 0 Å². The highest BCUT2D eigenvalue weighted by molar-refractivity contribution is 9.10. The van der Waals surface area contributed by atoms with Crippen molar-refractivity contribution < 1.29 is 19.0 Å². The molecule has 0 radical (unpaired) electrons. The molecule has 0 heterocycles. The smallest absolute Gasteiger partial charge is 0.261 e. The van der Waals surface area contributed by atoms with Gasteiger partial charge in [-0.1, -0.05) is 24.3 Å². The summed E-state index contributed by atoms with van der Waals surface area (Å²) < 4.78 is 16.7. The molecular weight excluding hydrogens is 456 g/mol. The maximum Gasteiger partial charge on any atom is 0.261 e. The molecule has 3 aromatic carbocycles. The van der Waals surface area contributed by atoms with Gasteiger partial charge in [-0.15, -0.1) is 0 Å². The monoisotopic (exact) mass is 474 g/mol. The molecule has 0 bridgehead atoms. The molecule has 3 aromatic rings. The topological polar surface area (TPSA) is 68.8 Å². The molecule has 2 N–H and O–H groups in total. The second kappa shape index (κ2) is 9.11. The van der Waals surface area contributed by atoms with Crippen molar-refractivity contribution in [3.8, 4) is 17.2 Å². The van der Waals surface area contributed by atoms with Crippen molar-refractivity contribution in [2.75, 3.05) is 26.6 Å². The maximum atomic E-state index is 12.9. The molecule has 0 unspecified atom stereocenters. The highest BCUT2D eigenvalue weighted by Gasteiger charge is 2.19. The summed E-state index contributed by atoms with van der Waals surface area (Å²) in [5, 5.41) is 7.64. The SMILES string of the molecule is COc1ccc(NC(=S)NC(=O)c2cc3ccccc3c(Br)c2OC)c(OC)c1. The molecule has 150 valence electrons. The Morgan fingerprint density at radius 3 is 2.45 bits per heavy atom. The standard InChI is InChI=1S/C21H19BrN2O4S/c1-26-13-8-9-16(17(11-13)27-2)23-21(29)24-20(25)15-10-12-6-4-5-7-14(12)18(22)19(15)28-3/h4-11H,1-3H3,(H2,23,24,25,29). The van der Waals surface area contributed by atoms with Gasteiger partial charge in [0.25, 0.3) is 5.91 Å². The minimum Gasteiger partial charge on any atom is -0.497 e. The number of ether oxygens (including phenoxy) is 3. The van der Waals surface area contributed by atoms with E-state index in [4.69, 9.17) is 26.4 Å². The fourth-order valence-corrected chi connectivity index (χ4v) is 3.82. The van der Waals surface area contributed by atoms with E-state index in [-0.39, 0.29) is 5.11 Å². The van der Waals surface area contributed by atoms with Crippen LogP contribution in [0.25, 0.3) is 10.8 Å². The Bertz CT molecular complexity index is 1090. The zero-order valence-electron chi connectivity index (χ0n) is 16.0. The number of rotatable bonds is 5. The number of fused-ring (bicyclic) bond motifs is 1. The summed E-state index contributed by atoms with van der Waals surface area (Å²) in [6.07, 6.45) is 0. The van der Waals surface area contributed by atoms with E-state index in [0.29, 0.717) is 33.0 Å². The molecule has 29 heavy (non-hydrogen) atoms. The molecule has 0 saturated carbocycles. The number of carbonyl (C=O) groups excluding carboxylic acids is 1. The largest absolute Gasteiger partial charge is 0.497 e. The van der Waals surface area contributed by atoms with E-state index < -0.39 is 5.91 Å². The fourth-order valence-electron chi connectivity index (χ4n) is 2.88. The molecule has 6 nitrogen and oxygen atoms in total. The van der Waals surface area contributed by atoms with Crippen LogP contribution in [-0.4, -0.2) is 32.3 Å². The lowest BCUT2D eigenvalue weighted by atomic mass is 10.1. The van der Waals surface area contributed by atoms with Crippen molar-refractivity contribution in [1.29, 1.82) is 0 Å². The molecule has 0 aliphatic rings. The van der Waals surface area contributed by atoms with E-state index in [1.54, 1.807) is 38.5 Å². The van der Waals surface area contributed by atoms with Crippen LogP contribution in [0.3, 0.4) is 0 Å². The van der Waals surface area contributed by atoms with Gasteiger partial charge < -0.3 is 19.5 Å². The van der Waals surface area contributed by atoms with E-state index in [0.717, 1.165) is 10.8 Å².